The SMILES string of the molecule is CC(NC(=O)[C@@H]1C[C@@H](N2CCCCC2)CN1C(=O)/C(CC1CCCCC1)=N/C(=O)c1ccc2ccccc2c1)C(=O)C(N)=O. The third kappa shape index (κ3) is 7.41. The van der Waals surface area contributed by atoms with Gasteiger partial charge in [0.1, 0.15) is 11.8 Å². The van der Waals surface area contributed by atoms with E-state index in [0.717, 1.165) is 75.2 Å². The molecule has 3 aliphatic rings. The number of nitrogens with zero attached hydrogens (tertiary/aromatic N) is 3. The second-order valence-corrected chi connectivity index (χ2v) is 12.6. The molecule has 2 aromatic carbocycles. The number of ketones is 1. The number of hydrogen-bond donors (Lipinski definition) is 2. The predicted molar refractivity (Wildman–Crippen MR) is 168 cm³/mol. The van der Waals surface area contributed by atoms with Crippen molar-refractivity contribution < 1.29 is 24.0 Å². The Bertz CT molecular complexity index is 1440. The molecule has 1 saturated carbocycles. The molecule has 10 nitrogen and oxygen atoms in total. The van der Waals surface area contributed by atoms with Gasteiger partial charge in [0.05, 0.1) is 6.04 Å². The van der Waals surface area contributed by atoms with Crippen molar-refractivity contribution >= 4 is 45.9 Å². The molecule has 3 N–H and O–H groups in total. The fourth-order valence-corrected chi connectivity index (χ4v) is 6.94. The van der Waals surface area contributed by atoms with Gasteiger partial charge in [0.2, 0.25) is 11.7 Å². The third-order valence-corrected chi connectivity index (χ3v) is 9.43. The fourth-order valence-electron chi connectivity index (χ4n) is 6.94. The Hall–Kier alpha value is -3.92. The molecule has 0 bridgehead atoms. The number of benzene rings is 2. The molecule has 44 heavy (non-hydrogen) atoms. The Balaban J connectivity index is 1.44. The number of rotatable bonds is 9. The molecule has 0 aromatic heterocycles. The molecule has 1 unspecified atom stereocenters. The van der Waals surface area contributed by atoms with E-state index in [1.165, 1.54) is 11.8 Å². The van der Waals surface area contributed by atoms with Gasteiger partial charge in [-0.3, -0.25) is 28.9 Å². The van der Waals surface area contributed by atoms with E-state index in [-0.39, 0.29) is 17.7 Å². The van der Waals surface area contributed by atoms with Crippen LogP contribution in [0.25, 0.3) is 10.8 Å². The van der Waals surface area contributed by atoms with Gasteiger partial charge >= 0.3 is 0 Å². The summed E-state index contributed by atoms with van der Waals surface area (Å²) in [6, 6.07) is 11.1. The highest BCUT2D eigenvalue weighted by Gasteiger charge is 2.44. The first-order chi connectivity index (χ1) is 21.2. The zero-order valence-corrected chi connectivity index (χ0v) is 25.5. The lowest BCUT2D eigenvalue weighted by Crippen LogP contribution is -2.52. The summed E-state index contributed by atoms with van der Waals surface area (Å²) in [5.41, 5.74) is 5.73. The van der Waals surface area contributed by atoms with Gasteiger partial charge in [-0.1, -0.05) is 68.9 Å². The minimum atomic E-state index is -1.13. The van der Waals surface area contributed by atoms with Crippen LogP contribution in [0.15, 0.2) is 47.5 Å². The zero-order chi connectivity index (χ0) is 31.2. The molecule has 3 fully saturated rings. The van der Waals surface area contributed by atoms with Crippen LogP contribution in [0.2, 0.25) is 0 Å². The maximum Gasteiger partial charge on any atom is 0.287 e. The Kier molecular flexibility index (Phi) is 10.2. The number of nitrogens with one attached hydrogen (secondary N) is 1. The van der Waals surface area contributed by atoms with Crippen molar-refractivity contribution in [2.45, 2.75) is 89.3 Å². The Labute approximate surface area is 258 Å². The average molecular weight is 602 g/mol. The molecular weight excluding hydrogens is 558 g/mol. The van der Waals surface area contributed by atoms with Crippen LogP contribution in [0, 0.1) is 5.92 Å². The molecule has 5 rings (SSSR count). The Morgan fingerprint density at radius 3 is 2.32 bits per heavy atom. The normalized spacial score (nSPS) is 22.5. The quantitative estimate of drug-likeness (QED) is 0.333. The number of Topliss-reactive ketones (excluding diaryl/α,β-unsaturated/α-hetero) is 1. The lowest BCUT2D eigenvalue weighted by atomic mass is 9.85. The molecule has 234 valence electrons. The largest absolute Gasteiger partial charge is 0.363 e. The smallest absolute Gasteiger partial charge is 0.287 e. The number of primary amides is 1. The summed E-state index contributed by atoms with van der Waals surface area (Å²) >= 11 is 0. The fraction of sp³-hybridized carbons (Fsp3) is 0.529. The minimum Gasteiger partial charge on any atom is -0.363 e. The molecule has 3 atom stereocenters. The Morgan fingerprint density at radius 1 is 0.932 bits per heavy atom. The number of piperidine rings is 1. The van der Waals surface area contributed by atoms with Crippen LogP contribution in [-0.4, -0.2) is 82.7 Å². The van der Waals surface area contributed by atoms with E-state index >= 15 is 0 Å². The van der Waals surface area contributed by atoms with Gasteiger partial charge in [-0.2, -0.15) is 0 Å². The molecule has 4 amide bonds. The minimum absolute atomic E-state index is 0.0377. The van der Waals surface area contributed by atoms with Crippen molar-refractivity contribution in [3.05, 3.63) is 48.0 Å². The van der Waals surface area contributed by atoms with Crippen molar-refractivity contribution in [2.75, 3.05) is 19.6 Å². The van der Waals surface area contributed by atoms with Crippen LogP contribution in [0.4, 0.5) is 0 Å². The maximum atomic E-state index is 14.4. The number of fused-ring (bicyclic) bond motifs is 1. The van der Waals surface area contributed by atoms with Crippen molar-refractivity contribution in [3.8, 4) is 0 Å². The molecule has 2 aromatic rings. The van der Waals surface area contributed by atoms with Crippen molar-refractivity contribution in [3.63, 3.8) is 0 Å². The van der Waals surface area contributed by atoms with Crippen molar-refractivity contribution in [1.29, 1.82) is 0 Å². The molecule has 2 saturated heterocycles. The molecular formula is C34H43N5O5. The summed E-state index contributed by atoms with van der Waals surface area (Å²) in [7, 11) is 0. The van der Waals surface area contributed by atoms with E-state index in [0.29, 0.717) is 24.9 Å². The predicted octanol–water partition coefficient (Wildman–Crippen LogP) is 3.41. The summed E-state index contributed by atoms with van der Waals surface area (Å²) in [6.07, 6.45) is 9.24. The number of carbonyl (C=O) groups is 5. The van der Waals surface area contributed by atoms with Gasteiger partial charge in [0.15, 0.2) is 0 Å². The summed E-state index contributed by atoms with van der Waals surface area (Å²) in [4.78, 5) is 73.4. The summed E-state index contributed by atoms with van der Waals surface area (Å²) in [5, 5.41) is 4.52. The van der Waals surface area contributed by atoms with E-state index in [1.54, 1.807) is 12.1 Å². The first-order valence-corrected chi connectivity index (χ1v) is 16.0. The van der Waals surface area contributed by atoms with Crippen LogP contribution >= 0.6 is 0 Å². The molecule has 10 heteroatoms. The molecule has 0 spiro atoms. The first kappa shape index (κ1) is 31.5. The maximum absolute atomic E-state index is 14.4. The highest BCUT2D eigenvalue weighted by molar-refractivity contribution is 6.41. The summed E-state index contributed by atoms with van der Waals surface area (Å²) in [5.74, 6) is -3.21. The second kappa shape index (κ2) is 14.2. The topological polar surface area (TPSA) is 142 Å². The van der Waals surface area contributed by atoms with Crippen LogP contribution in [0.3, 0.4) is 0 Å². The van der Waals surface area contributed by atoms with Crippen molar-refractivity contribution in [2.24, 2.45) is 16.6 Å². The number of amides is 4. The molecule has 2 heterocycles. The van der Waals surface area contributed by atoms with Crippen molar-refractivity contribution in [1.82, 2.24) is 15.1 Å². The van der Waals surface area contributed by atoms with E-state index < -0.39 is 41.5 Å². The number of hydrogen-bond acceptors (Lipinski definition) is 6. The van der Waals surface area contributed by atoms with Gasteiger partial charge in [0.25, 0.3) is 17.7 Å². The second-order valence-electron chi connectivity index (χ2n) is 12.6. The zero-order valence-electron chi connectivity index (χ0n) is 25.5. The van der Waals surface area contributed by atoms with Crippen LogP contribution in [-0.2, 0) is 19.2 Å². The molecule has 1 aliphatic carbocycles. The van der Waals surface area contributed by atoms with E-state index in [1.807, 2.05) is 30.3 Å². The number of likely N-dealkylation sites (tertiary alicyclic amines) is 2. The Morgan fingerprint density at radius 2 is 1.61 bits per heavy atom. The first-order valence-electron chi connectivity index (χ1n) is 16.0. The monoisotopic (exact) mass is 601 g/mol. The molecule has 2 aliphatic heterocycles. The van der Waals surface area contributed by atoms with Crippen LogP contribution in [0.5, 0.6) is 0 Å². The van der Waals surface area contributed by atoms with E-state index in [9.17, 15) is 24.0 Å². The van der Waals surface area contributed by atoms with Gasteiger partial charge in [-0.25, -0.2) is 4.99 Å². The number of aliphatic imine (C=N–C) groups is 1. The standard InChI is InChI=1S/C34H43N5O5/c1-22(30(40)31(35)41)36-33(43)29-20-27(38-16-8-3-9-17-38)21-39(29)34(44)28(18-23-10-4-2-5-11-23)37-32(42)26-15-14-24-12-6-7-13-25(24)19-26/h6-7,12-15,19,22-23,27,29H,2-5,8-11,16-18,20-21H2,1H3,(H2,35,41)(H,36,43)/b37-28+/t22?,27-,29+/m1/s1. The molecule has 0 radical (unpaired) electrons. The highest BCUT2D eigenvalue weighted by atomic mass is 16.2. The third-order valence-electron chi connectivity index (χ3n) is 9.43. The van der Waals surface area contributed by atoms with Gasteiger partial charge in [-0.05, 0) is 74.5 Å². The van der Waals surface area contributed by atoms with Gasteiger partial charge in [0, 0.05) is 18.2 Å². The van der Waals surface area contributed by atoms with Gasteiger partial charge < -0.3 is 16.0 Å². The lowest BCUT2D eigenvalue weighted by Gasteiger charge is -2.32. The summed E-state index contributed by atoms with van der Waals surface area (Å²) in [6.45, 7) is 3.51. The number of nitrogens with two attached hydrogens (primary N) is 1. The average Bonchev–Trinajstić information content (AvgIpc) is 3.50. The van der Waals surface area contributed by atoms with E-state index in [4.69, 9.17) is 5.73 Å². The van der Waals surface area contributed by atoms with Crippen LogP contribution in [0.1, 0.15) is 81.5 Å². The summed E-state index contributed by atoms with van der Waals surface area (Å²) < 4.78 is 0. The van der Waals surface area contributed by atoms with Crippen LogP contribution < -0.4 is 11.1 Å². The number of carbonyl (C=O) groups excluding carboxylic acids is 5. The highest BCUT2D eigenvalue weighted by Crippen LogP contribution is 2.30. The van der Waals surface area contributed by atoms with E-state index in [2.05, 4.69) is 15.2 Å². The van der Waals surface area contributed by atoms with Gasteiger partial charge in [-0.15, -0.1) is 0 Å². The lowest BCUT2D eigenvalue weighted by molar-refractivity contribution is -0.139.